The van der Waals surface area contributed by atoms with Gasteiger partial charge in [0.25, 0.3) is 0 Å². The molecule has 0 saturated carbocycles. The van der Waals surface area contributed by atoms with Crippen LogP contribution in [0.1, 0.15) is 37.7 Å². The van der Waals surface area contributed by atoms with Crippen molar-refractivity contribution < 1.29 is 0 Å². The number of terminal acetylenes is 1. The normalized spacial score (nSPS) is 14.6. The van der Waals surface area contributed by atoms with Crippen LogP contribution in [-0.2, 0) is 6.54 Å². The molecule has 0 unspecified atom stereocenters. The third-order valence-corrected chi connectivity index (χ3v) is 3.66. The molecule has 19 heavy (non-hydrogen) atoms. The summed E-state index contributed by atoms with van der Waals surface area (Å²) in [6.07, 6.45) is 11.1. The van der Waals surface area contributed by atoms with E-state index in [-0.39, 0.29) is 0 Å². The SMILES string of the molecule is C#CCCCCNCc1ccc(N2CCCC2)cc1. The third-order valence-electron chi connectivity index (χ3n) is 3.66. The molecule has 1 heterocycles. The zero-order valence-corrected chi connectivity index (χ0v) is 11.7. The Balaban J connectivity index is 1.68. The smallest absolute Gasteiger partial charge is 0.0366 e. The molecule has 1 fully saturated rings. The highest BCUT2D eigenvalue weighted by Gasteiger charge is 2.11. The molecule has 0 radical (unpaired) electrons. The molecule has 2 heteroatoms. The first kappa shape index (κ1) is 14.0. The molecule has 2 rings (SSSR count). The molecule has 0 aliphatic carbocycles. The van der Waals surface area contributed by atoms with E-state index in [0.717, 1.165) is 32.4 Å². The molecule has 0 amide bonds. The van der Waals surface area contributed by atoms with Gasteiger partial charge < -0.3 is 10.2 Å². The van der Waals surface area contributed by atoms with Crippen LogP contribution in [0.15, 0.2) is 24.3 Å². The number of rotatable bonds is 7. The fraction of sp³-hybridized carbons (Fsp3) is 0.529. The Hall–Kier alpha value is -1.46. The standard InChI is InChI=1S/C17H24N2/c1-2-3-4-5-12-18-15-16-8-10-17(11-9-16)19-13-6-7-14-19/h1,8-11,18H,3-7,12-15H2. The predicted octanol–water partition coefficient (Wildman–Crippen LogP) is 3.18. The lowest BCUT2D eigenvalue weighted by molar-refractivity contribution is 0.630. The number of unbranched alkanes of at least 4 members (excludes halogenated alkanes) is 2. The summed E-state index contributed by atoms with van der Waals surface area (Å²) in [6, 6.07) is 8.98. The lowest BCUT2D eigenvalue weighted by atomic mass is 10.2. The highest BCUT2D eigenvalue weighted by molar-refractivity contribution is 5.48. The Morgan fingerprint density at radius 1 is 1.11 bits per heavy atom. The van der Waals surface area contributed by atoms with E-state index < -0.39 is 0 Å². The van der Waals surface area contributed by atoms with Gasteiger partial charge in [0.2, 0.25) is 0 Å². The quantitative estimate of drug-likeness (QED) is 0.595. The van der Waals surface area contributed by atoms with E-state index in [4.69, 9.17) is 6.42 Å². The summed E-state index contributed by atoms with van der Waals surface area (Å²) in [5.74, 6) is 2.68. The molecule has 1 aromatic rings. The van der Waals surface area contributed by atoms with Gasteiger partial charge in [-0.15, -0.1) is 12.3 Å². The van der Waals surface area contributed by atoms with Crippen LogP contribution in [0.5, 0.6) is 0 Å². The Morgan fingerprint density at radius 3 is 2.53 bits per heavy atom. The predicted molar refractivity (Wildman–Crippen MR) is 82.3 cm³/mol. The van der Waals surface area contributed by atoms with Gasteiger partial charge in [-0.1, -0.05) is 12.1 Å². The van der Waals surface area contributed by atoms with Gasteiger partial charge in [0, 0.05) is 31.7 Å². The monoisotopic (exact) mass is 256 g/mol. The van der Waals surface area contributed by atoms with E-state index >= 15 is 0 Å². The van der Waals surface area contributed by atoms with Crippen LogP contribution in [0.2, 0.25) is 0 Å². The number of anilines is 1. The molecule has 0 bridgehead atoms. The first-order chi connectivity index (χ1) is 9.40. The Labute approximate surface area is 117 Å². The van der Waals surface area contributed by atoms with Crippen LogP contribution in [0.25, 0.3) is 0 Å². The summed E-state index contributed by atoms with van der Waals surface area (Å²) in [4.78, 5) is 2.47. The summed E-state index contributed by atoms with van der Waals surface area (Å²) in [5.41, 5.74) is 2.73. The van der Waals surface area contributed by atoms with Gasteiger partial charge in [0.05, 0.1) is 0 Å². The fourth-order valence-corrected chi connectivity index (χ4v) is 2.51. The lowest BCUT2D eigenvalue weighted by Gasteiger charge is -2.17. The molecule has 1 N–H and O–H groups in total. The van der Waals surface area contributed by atoms with Crippen LogP contribution in [-0.4, -0.2) is 19.6 Å². The molecule has 0 spiro atoms. The average molecular weight is 256 g/mol. The highest BCUT2D eigenvalue weighted by Crippen LogP contribution is 2.20. The summed E-state index contributed by atoms with van der Waals surface area (Å²) < 4.78 is 0. The van der Waals surface area contributed by atoms with E-state index in [1.807, 2.05) is 0 Å². The van der Waals surface area contributed by atoms with Gasteiger partial charge in [0.1, 0.15) is 0 Å². The maximum absolute atomic E-state index is 5.23. The Bertz CT molecular complexity index is 396. The van der Waals surface area contributed by atoms with Crippen molar-refractivity contribution in [2.75, 3.05) is 24.5 Å². The van der Waals surface area contributed by atoms with Gasteiger partial charge >= 0.3 is 0 Å². The summed E-state index contributed by atoms with van der Waals surface area (Å²) in [7, 11) is 0. The Morgan fingerprint density at radius 2 is 1.84 bits per heavy atom. The van der Waals surface area contributed by atoms with Crippen molar-refractivity contribution in [3.8, 4) is 12.3 Å². The highest BCUT2D eigenvalue weighted by atomic mass is 15.1. The van der Waals surface area contributed by atoms with Crippen molar-refractivity contribution in [1.29, 1.82) is 0 Å². The van der Waals surface area contributed by atoms with Gasteiger partial charge in [-0.05, 0) is 49.9 Å². The molecule has 1 aliphatic rings. The van der Waals surface area contributed by atoms with Gasteiger partial charge in [-0.2, -0.15) is 0 Å². The van der Waals surface area contributed by atoms with Crippen LogP contribution < -0.4 is 10.2 Å². The number of nitrogens with zero attached hydrogens (tertiary/aromatic N) is 1. The number of benzene rings is 1. The topological polar surface area (TPSA) is 15.3 Å². The van der Waals surface area contributed by atoms with Crippen molar-refractivity contribution in [3.63, 3.8) is 0 Å². The van der Waals surface area contributed by atoms with Crippen LogP contribution in [0.3, 0.4) is 0 Å². The molecule has 1 aromatic carbocycles. The largest absolute Gasteiger partial charge is 0.372 e. The molecule has 0 aromatic heterocycles. The second-order valence-electron chi connectivity index (χ2n) is 5.20. The molecule has 102 valence electrons. The van der Waals surface area contributed by atoms with Gasteiger partial charge in [-0.3, -0.25) is 0 Å². The number of hydrogen-bond donors (Lipinski definition) is 1. The minimum Gasteiger partial charge on any atom is -0.372 e. The van der Waals surface area contributed by atoms with E-state index in [1.54, 1.807) is 0 Å². The minimum absolute atomic E-state index is 0.895. The molecular formula is C17H24N2. The third kappa shape index (κ3) is 4.61. The van der Waals surface area contributed by atoms with Crippen molar-refractivity contribution in [3.05, 3.63) is 29.8 Å². The van der Waals surface area contributed by atoms with Crippen molar-refractivity contribution in [2.45, 2.75) is 38.6 Å². The zero-order valence-electron chi connectivity index (χ0n) is 11.7. The van der Waals surface area contributed by atoms with Gasteiger partial charge in [0.15, 0.2) is 0 Å². The average Bonchev–Trinajstić information content (AvgIpc) is 2.97. The van der Waals surface area contributed by atoms with E-state index in [1.165, 1.54) is 37.2 Å². The first-order valence-corrected chi connectivity index (χ1v) is 7.38. The summed E-state index contributed by atoms with van der Waals surface area (Å²) in [5, 5.41) is 3.47. The summed E-state index contributed by atoms with van der Waals surface area (Å²) in [6.45, 7) is 4.44. The minimum atomic E-state index is 0.895. The second kappa shape index (κ2) is 7.86. The molecule has 2 nitrogen and oxygen atoms in total. The van der Waals surface area contributed by atoms with Crippen molar-refractivity contribution >= 4 is 5.69 Å². The van der Waals surface area contributed by atoms with Crippen LogP contribution >= 0.6 is 0 Å². The molecule has 1 saturated heterocycles. The van der Waals surface area contributed by atoms with E-state index in [2.05, 4.69) is 40.4 Å². The van der Waals surface area contributed by atoms with E-state index in [9.17, 15) is 0 Å². The zero-order chi connectivity index (χ0) is 13.3. The maximum atomic E-state index is 5.23. The fourth-order valence-electron chi connectivity index (χ4n) is 2.51. The van der Waals surface area contributed by atoms with E-state index in [0.29, 0.717) is 0 Å². The lowest BCUT2D eigenvalue weighted by Crippen LogP contribution is -2.18. The maximum Gasteiger partial charge on any atom is 0.0366 e. The van der Waals surface area contributed by atoms with Crippen LogP contribution in [0, 0.1) is 12.3 Å². The number of hydrogen-bond acceptors (Lipinski definition) is 2. The van der Waals surface area contributed by atoms with Crippen molar-refractivity contribution in [2.24, 2.45) is 0 Å². The van der Waals surface area contributed by atoms with Crippen molar-refractivity contribution in [1.82, 2.24) is 5.32 Å². The van der Waals surface area contributed by atoms with Gasteiger partial charge in [-0.25, -0.2) is 0 Å². The van der Waals surface area contributed by atoms with Crippen LogP contribution in [0.4, 0.5) is 5.69 Å². The number of nitrogens with one attached hydrogen (secondary N) is 1. The summed E-state index contributed by atoms with van der Waals surface area (Å²) >= 11 is 0. The first-order valence-electron chi connectivity index (χ1n) is 7.38. The molecule has 0 atom stereocenters. The molecule has 1 aliphatic heterocycles. The molecular weight excluding hydrogens is 232 g/mol. The second-order valence-corrected chi connectivity index (χ2v) is 5.20. The Kier molecular flexibility index (Phi) is 5.78.